The van der Waals surface area contributed by atoms with Gasteiger partial charge in [-0.2, -0.15) is 5.10 Å². The molecule has 2 saturated heterocycles. The molecular weight excluding hydrogens is 318 g/mol. The van der Waals surface area contributed by atoms with Crippen molar-refractivity contribution in [3.8, 4) is 0 Å². The number of anilines is 1. The van der Waals surface area contributed by atoms with E-state index in [0.717, 1.165) is 57.8 Å². The third-order valence-corrected chi connectivity index (χ3v) is 5.20. The number of rotatable bonds is 3. The highest BCUT2D eigenvalue weighted by Crippen LogP contribution is 2.26. The van der Waals surface area contributed by atoms with Crippen molar-refractivity contribution < 1.29 is 4.79 Å². The van der Waals surface area contributed by atoms with Crippen LogP contribution in [0.2, 0.25) is 0 Å². The van der Waals surface area contributed by atoms with Gasteiger partial charge in [-0.3, -0.25) is 4.79 Å². The summed E-state index contributed by atoms with van der Waals surface area (Å²) in [6.07, 6.45) is 10.6. The molecule has 0 radical (unpaired) electrons. The molecule has 25 heavy (non-hydrogen) atoms. The lowest BCUT2D eigenvalue weighted by Gasteiger charge is -2.37. The number of likely N-dealkylation sites (tertiary alicyclic amines) is 1. The summed E-state index contributed by atoms with van der Waals surface area (Å²) in [5.41, 5.74) is 0. The lowest BCUT2D eigenvalue weighted by molar-refractivity contribution is -0.138. The molecule has 0 spiro atoms. The van der Waals surface area contributed by atoms with E-state index < -0.39 is 0 Å². The Morgan fingerprint density at radius 3 is 2.60 bits per heavy atom. The molecule has 4 rings (SSSR count). The Morgan fingerprint density at radius 1 is 1.08 bits per heavy atom. The van der Waals surface area contributed by atoms with Crippen LogP contribution in [-0.4, -0.2) is 61.7 Å². The van der Waals surface area contributed by atoms with Crippen LogP contribution >= 0.6 is 0 Å². The van der Waals surface area contributed by atoms with Gasteiger partial charge in [-0.15, -0.1) is 0 Å². The van der Waals surface area contributed by atoms with Crippen molar-refractivity contribution in [1.82, 2.24) is 29.6 Å². The van der Waals surface area contributed by atoms with E-state index in [1.165, 1.54) is 0 Å². The average Bonchev–Trinajstić information content (AvgIpc) is 3.23. The summed E-state index contributed by atoms with van der Waals surface area (Å²) in [6, 6.07) is 2.07. The zero-order valence-electron chi connectivity index (χ0n) is 14.2. The highest BCUT2D eigenvalue weighted by molar-refractivity contribution is 5.79. The first-order valence-corrected chi connectivity index (χ1v) is 8.96. The molecule has 4 heterocycles. The Kier molecular flexibility index (Phi) is 4.58. The van der Waals surface area contributed by atoms with Crippen LogP contribution in [0.15, 0.2) is 31.1 Å². The van der Waals surface area contributed by atoms with Crippen LogP contribution in [0.1, 0.15) is 31.7 Å². The standard InChI is InChI=1S/C17H23N7O/c25-16(23-8-1-3-15(11-23)24-13-18-12-21-24)14-4-9-22(10-5-14)17-19-6-2-7-20-17/h2,6-7,12-15H,1,3-5,8-11H2. The van der Waals surface area contributed by atoms with Gasteiger partial charge in [0.05, 0.1) is 6.04 Å². The first kappa shape index (κ1) is 16.0. The molecule has 0 saturated carbocycles. The van der Waals surface area contributed by atoms with Crippen molar-refractivity contribution in [3.63, 3.8) is 0 Å². The second-order valence-corrected chi connectivity index (χ2v) is 6.77. The van der Waals surface area contributed by atoms with E-state index in [0.29, 0.717) is 5.91 Å². The molecule has 2 aromatic rings. The normalized spacial score (nSPS) is 22.2. The highest BCUT2D eigenvalue weighted by atomic mass is 16.2. The van der Waals surface area contributed by atoms with Crippen LogP contribution in [0.4, 0.5) is 5.95 Å². The molecule has 0 aromatic carbocycles. The quantitative estimate of drug-likeness (QED) is 0.833. The number of aromatic nitrogens is 5. The van der Waals surface area contributed by atoms with Crippen molar-refractivity contribution >= 4 is 11.9 Å². The summed E-state index contributed by atoms with van der Waals surface area (Å²) < 4.78 is 1.88. The number of carbonyl (C=O) groups excluding carboxylic acids is 1. The van der Waals surface area contributed by atoms with Crippen molar-refractivity contribution in [2.24, 2.45) is 5.92 Å². The van der Waals surface area contributed by atoms with E-state index in [1.54, 1.807) is 25.0 Å². The fraction of sp³-hybridized carbons (Fsp3) is 0.588. The predicted molar refractivity (Wildman–Crippen MR) is 91.8 cm³/mol. The zero-order valence-corrected chi connectivity index (χ0v) is 14.2. The van der Waals surface area contributed by atoms with Gasteiger partial charge in [-0.25, -0.2) is 19.6 Å². The second-order valence-electron chi connectivity index (χ2n) is 6.77. The predicted octanol–water partition coefficient (Wildman–Crippen LogP) is 1.15. The van der Waals surface area contributed by atoms with Crippen LogP contribution in [-0.2, 0) is 4.79 Å². The third-order valence-electron chi connectivity index (χ3n) is 5.20. The molecule has 0 bridgehead atoms. The van der Waals surface area contributed by atoms with Gasteiger partial charge in [0.25, 0.3) is 0 Å². The van der Waals surface area contributed by atoms with E-state index in [2.05, 4.69) is 25.0 Å². The number of carbonyl (C=O) groups is 1. The number of hydrogen-bond acceptors (Lipinski definition) is 6. The maximum atomic E-state index is 12.9. The van der Waals surface area contributed by atoms with E-state index in [4.69, 9.17) is 0 Å². The molecular formula is C17H23N7O. The van der Waals surface area contributed by atoms with E-state index in [9.17, 15) is 4.79 Å². The second kappa shape index (κ2) is 7.16. The van der Waals surface area contributed by atoms with Crippen LogP contribution in [0.25, 0.3) is 0 Å². The van der Waals surface area contributed by atoms with Crippen molar-refractivity contribution in [3.05, 3.63) is 31.1 Å². The number of nitrogens with zero attached hydrogens (tertiary/aromatic N) is 7. The van der Waals surface area contributed by atoms with E-state index >= 15 is 0 Å². The molecule has 2 aromatic heterocycles. The first-order chi connectivity index (χ1) is 12.3. The van der Waals surface area contributed by atoms with E-state index in [-0.39, 0.29) is 12.0 Å². The summed E-state index contributed by atoms with van der Waals surface area (Å²) in [5.74, 6) is 1.16. The van der Waals surface area contributed by atoms with Gasteiger partial charge < -0.3 is 9.80 Å². The Morgan fingerprint density at radius 2 is 1.88 bits per heavy atom. The molecule has 8 nitrogen and oxygen atoms in total. The van der Waals surface area contributed by atoms with Crippen LogP contribution in [0, 0.1) is 5.92 Å². The summed E-state index contributed by atoms with van der Waals surface area (Å²) in [5, 5.41) is 4.24. The molecule has 8 heteroatoms. The van der Waals surface area contributed by atoms with Crippen LogP contribution in [0.5, 0.6) is 0 Å². The number of amides is 1. The van der Waals surface area contributed by atoms with Gasteiger partial charge in [0.2, 0.25) is 11.9 Å². The molecule has 1 amide bonds. The Bertz CT molecular complexity index is 682. The summed E-state index contributed by atoms with van der Waals surface area (Å²) >= 11 is 0. The van der Waals surface area contributed by atoms with Gasteiger partial charge in [-0.05, 0) is 31.7 Å². The molecule has 1 unspecified atom stereocenters. The third kappa shape index (κ3) is 3.47. The first-order valence-electron chi connectivity index (χ1n) is 8.96. The maximum absolute atomic E-state index is 12.9. The molecule has 2 fully saturated rings. The van der Waals surface area contributed by atoms with Crippen molar-refractivity contribution in [1.29, 1.82) is 0 Å². The Labute approximate surface area is 146 Å². The molecule has 1 atom stereocenters. The molecule has 132 valence electrons. The van der Waals surface area contributed by atoms with Crippen LogP contribution < -0.4 is 4.90 Å². The molecule has 2 aliphatic heterocycles. The zero-order chi connectivity index (χ0) is 17.1. The highest BCUT2D eigenvalue weighted by Gasteiger charge is 2.32. The topological polar surface area (TPSA) is 80.0 Å². The minimum atomic E-state index is 0.106. The SMILES string of the molecule is O=C(C1CCN(c2ncccn2)CC1)N1CCCC(n2cncn2)C1. The smallest absolute Gasteiger partial charge is 0.225 e. The molecule has 0 aliphatic carbocycles. The average molecular weight is 341 g/mol. The minimum absolute atomic E-state index is 0.106. The number of hydrogen-bond donors (Lipinski definition) is 0. The fourth-order valence-corrected chi connectivity index (χ4v) is 3.82. The van der Waals surface area contributed by atoms with Gasteiger partial charge in [0.15, 0.2) is 0 Å². The summed E-state index contributed by atoms with van der Waals surface area (Å²) in [6.45, 7) is 3.26. The van der Waals surface area contributed by atoms with Gasteiger partial charge in [-0.1, -0.05) is 0 Å². The van der Waals surface area contributed by atoms with E-state index in [1.807, 2.05) is 15.6 Å². The summed E-state index contributed by atoms with van der Waals surface area (Å²) in [7, 11) is 0. The largest absolute Gasteiger partial charge is 0.341 e. The number of piperidine rings is 2. The molecule has 2 aliphatic rings. The van der Waals surface area contributed by atoms with Crippen LogP contribution in [0.3, 0.4) is 0 Å². The summed E-state index contributed by atoms with van der Waals surface area (Å²) in [4.78, 5) is 29.8. The van der Waals surface area contributed by atoms with Crippen molar-refractivity contribution in [2.45, 2.75) is 31.7 Å². The fourth-order valence-electron chi connectivity index (χ4n) is 3.82. The Hall–Kier alpha value is -2.51. The van der Waals surface area contributed by atoms with Crippen molar-refractivity contribution in [2.75, 3.05) is 31.1 Å². The maximum Gasteiger partial charge on any atom is 0.225 e. The van der Waals surface area contributed by atoms with Gasteiger partial charge in [0, 0.05) is 44.5 Å². The lowest BCUT2D eigenvalue weighted by Crippen LogP contribution is -2.46. The Balaban J connectivity index is 1.34. The monoisotopic (exact) mass is 341 g/mol. The van der Waals surface area contributed by atoms with Gasteiger partial charge in [0.1, 0.15) is 12.7 Å². The minimum Gasteiger partial charge on any atom is -0.341 e. The molecule has 0 N–H and O–H groups in total. The lowest BCUT2D eigenvalue weighted by atomic mass is 9.94. The van der Waals surface area contributed by atoms with Gasteiger partial charge >= 0.3 is 0 Å².